The molecular weight excluding hydrogens is 296 g/mol. The van der Waals surface area contributed by atoms with Crippen molar-refractivity contribution in [1.29, 1.82) is 0 Å². The monoisotopic (exact) mass is 326 g/mol. The van der Waals surface area contributed by atoms with E-state index in [1.807, 2.05) is 27.7 Å². The standard InChI is InChI=1S/C17H30N2O4/c1-5-13(4)16(22)18-9-6-7-14(11-18)17(23)19(12(2)3)10-8-15(20)21/h12-14H,5-11H2,1-4H3,(H,20,21). The fourth-order valence-electron chi connectivity index (χ4n) is 2.94. The predicted molar refractivity (Wildman–Crippen MR) is 87.9 cm³/mol. The fourth-order valence-corrected chi connectivity index (χ4v) is 2.94. The molecule has 2 unspecified atom stereocenters. The molecule has 0 spiro atoms. The maximum atomic E-state index is 12.8. The zero-order valence-corrected chi connectivity index (χ0v) is 14.7. The maximum Gasteiger partial charge on any atom is 0.305 e. The Labute approximate surface area is 138 Å². The number of carbonyl (C=O) groups excluding carboxylic acids is 2. The fraction of sp³-hybridized carbons (Fsp3) is 0.824. The molecule has 1 heterocycles. The van der Waals surface area contributed by atoms with E-state index in [0.29, 0.717) is 13.1 Å². The lowest BCUT2D eigenvalue weighted by Crippen LogP contribution is -2.49. The van der Waals surface area contributed by atoms with Crippen LogP contribution in [-0.4, -0.2) is 58.4 Å². The zero-order chi connectivity index (χ0) is 17.6. The number of carboxylic acid groups (broad SMARTS) is 1. The van der Waals surface area contributed by atoms with Gasteiger partial charge in [0, 0.05) is 31.6 Å². The van der Waals surface area contributed by atoms with E-state index in [0.717, 1.165) is 19.3 Å². The minimum absolute atomic E-state index is 0.0166. The number of carbonyl (C=O) groups is 3. The van der Waals surface area contributed by atoms with Crippen LogP contribution in [0.5, 0.6) is 0 Å². The van der Waals surface area contributed by atoms with Gasteiger partial charge in [0.2, 0.25) is 11.8 Å². The van der Waals surface area contributed by atoms with Gasteiger partial charge in [-0.1, -0.05) is 13.8 Å². The third-order valence-corrected chi connectivity index (χ3v) is 4.59. The molecule has 23 heavy (non-hydrogen) atoms. The van der Waals surface area contributed by atoms with Gasteiger partial charge in [0.25, 0.3) is 0 Å². The third kappa shape index (κ3) is 5.52. The molecule has 1 N–H and O–H groups in total. The van der Waals surface area contributed by atoms with Gasteiger partial charge in [-0.25, -0.2) is 0 Å². The molecule has 1 rings (SSSR count). The number of likely N-dealkylation sites (tertiary alicyclic amines) is 1. The van der Waals surface area contributed by atoms with Crippen molar-refractivity contribution < 1.29 is 19.5 Å². The van der Waals surface area contributed by atoms with Crippen LogP contribution in [-0.2, 0) is 14.4 Å². The van der Waals surface area contributed by atoms with Gasteiger partial charge >= 0.3 is 5.97 Å². The molecule has 2 atom stereocenters. The molecule has 6 nitrogen and oxygen atoms in total. The number of piperidine rings is 1. The SMILES string of the molecule is CCC(C)C(=O)N1CCCC(C(=O)N(CCC(=O)O)C(C)C)C1. The van der Waals surface area contributed by atoms with Crippen molar-refractivity contribution >= 4 is 17.8 Å². The first-order valence-electron chi connectivity index (χ1n) is 8.58. The molecule has 6 heteroatoms. The van der Waals surface area contributed by atoms with Crippen molar-refractivity contribution in [2.75, 3.05) is 19.6 Å². The summed E-state index contributed by atoms with van der Waals surface area (Å²) in [5, 5.41) is 8.85. The summed E-state index contributed by atoms with van der Waals surface area (Å²) in [5.74, 6) is -1.04. The summed E-state index contributed by atoms with van der Waals surface area (Å²) in [6.45, 7) is 9.08. The van der Waals surface area contributed by atoms with E-state index in [2.05, 4.69) is 0 Å². The van der Waals surface area contributed by atoms with Gasteiger partial charge in [-0.3, -0.25) is 14.4 Å². The van der Waals surface area contributed by atoms with E-state index in [1.54, 1.807) is 9.80 Å². The maximum absolute atomic E-state index is 12.8. The molecule has 0 saturated carbocycles. The number of hydrogen-bond acceptors (Lipinski definition) is 3. The summed E-state index contributed by atoms with van der Waals surface area (Å²) in [6, 6.07) is -0.0394. The number of amides is 2. The Balaban J connectivity index is 2.73. The van der Waals surface area contributed by atoms with Crippen molar-refractivity contribution in [1.82, 2.24) is 9.80 Å². The number of aliphatic carboxylic acids is 1. The smallest absolute Gasteiger partial charge is 0.305 e. The number of rotatable bonds is 7. The number of hydrogen-bond donors (Lipinski definition) is 1. The minimum atomic E-state index is -0.902. The lowest BCUT2D eigenvalue weighted by atomic mass is 9.94. The van der Waals surface area contributed by atoms with Crippen LogP contribution in [0.2, 0.25) is 0 Å². The van der Waals surface area contributed by atoms with Crippen LogP contribution in [0.4, 0.5) is 0 Å². The number of nitrogens with zero attached hydrogens (tertiary/aromatic N) is 2. The molecule has 0 aromatic carbocycles. The molecule has 1 aliphatic heterocycles. The van der Waals surface area contributed by atoms with E-state index >= 15 is 0 Å². The lowest BCUT2D eigenvalue weighted by Gasteiger charge is -2.37. The summed E-state index contributed by atoms with van der Waals surface area (Å²) in [4.78, 5) is 39.3. The van der Waals surface area contributed by atoms with Crippen molar-refractivity contribution in [3.05, 3.63) is 0 Å². The lowest BCUT2D eigenvalue weighted by molar-refractivity contribution is -0.144. The highest BCUT2D eigenvalue weighted by molar-refractivity contribution is 5.82. The second-order valence-corrected chi connectivity index (χ2v) is 6.70. The van der Waals surface area contributed by atoms with Crippen LogP contribution in [0.25, 0.3) is 0 Å². The molecule has 0 bridgehead atoms. The largest absolute Gasteiger partial charge is 0.481 e. The Hall–Kier alpha value is -1.59. The van der Waals surface area contributed by atoms with Gasteiger partial charge in [0.1, 0.15) is 0 Å². The van der Waals surface area contributed by atoms with Crippen LogP contribution in [0.15, 0.2) is 0 Å². The molecule has 1 saturated heterocycles. The zero-order valence-electron chi connectivity index (χ0n) is 14.7. The Morgan fingerprint density at radius 1 is 1.26 bits per heavy atom. The summed E-state index contributed by atoms with van der Waals surface area (Å²) in [5.41, 5.74) is 0. The Kier molecular flexibility index (Phi) is 7.52. The van der Waals surface area contributed by atoms with Crippen LogP contribution in [0, 0.1) is 11.8 Å². The molecular formula is C17H30N2O4. The van der Waals surface area contributed by atoms with E-state index in [9.17, 15) is 14.4 Å². The first-order chi connectivity index (χ1) is 10.8. The Bertz CT molecular complexity index is 436. The minimum Gasteiger partial charge on any atom is -0.481 e. The third-order valence-electron chi connectivity index (χ3n) is 4.59. The molecule has 0 aromatic heterocycles. The highest BCUT2D eigenvalue weighted by atomic mass is 16.4. The van der Waals surface area contributed by atoms with Gasteiger partial charge in [0.15, 0.2) is 0 Å². The van der Waals surface area contributed by atoms with Crippen LogP contribution in [0.1, 0.15) is 53.4 Å². The topological polar surface area (TPSA) is 77.9 Å². The first-order valence-corrected chi connectivity index (χ1v) is 8.58. The second-order valence-electron chi connectivity index (χ2n) is 6.70. The van der Waals surface area contributed by atoms with Gasteiger partial charge in [-0.2, -0.15) is 0 Å². The van der Waals surface area contributed by atoms with E-state index in [-0.39, 0.29) is 42.7 Å². The molecule has 0 aliphatic carbocycles. The van der Waals surface area contributed by atoms with Crippen molar-refractivity contribution in [3.8, 4) is 0 Å². The van der Waals surface area contributed by atoms with Crippen LogP contribution in [0.3, 0.4) is 0 Å². The van der Waals surface area contributed by atoms with E-state index in [4.69, 9.17) is 5.11 Å². The normalized spacial score (nSPS) is 19.5. The van der Waals surface area contributed by atoms with E-state index < -0.39 is 5.97 Å². The molecule has 1 aliphatic rings. The average Bonchev–Trinajstić information content (AvgIpc) is 2.52. The predicted octanol–water partition coefficient (Wildman–Crippen LogP) is 1.98. The van der Waals surface area contributed by atoms with Crippen LogP contribution < -0.4 is 0 Å². The quantitative estimate of drug-likeness (QED) is 0.776. The van der Waals surface area contributed by atoms with Crippen molar-refractivity contribution in [3.63, 3.8) is 0 Å². The molecule has 1 fully saturated rings. The van der Waals surface area contributed by atoms with Gasteiger partial charge in [0.05, 0.1) is 12.3 Å². The highest BCUT2D eigenvalue weighted by Crippen LogP contribution is 2.22. The summed E-state index contributed by atoms with van der Waals surface area (Å²) < 4.78 is 0. The Morgan fingerprint density at radius 2 is 1.91 bits per heavy atom. The summed E-state index contributed by atoms with van der Waals surface area (Å²) >= 11 is 0. The number of carboxylic acids is 1. The van der Waals surface area contributed by atoms with Gasteiger partial charge in [-0.05, 0) is 33.1 Å². The summed E-state index contributed by atoms with van der Waals surface area (Å²) in [6.07, 6.45) is 2.33. The van der Waals surface area contributed by atoms with Crippen molar-refractivity contribution in [2.24, 2.45) is 11.8 Å². The van der Waals surface area contributed by atoms with E-state index in [1.165, 1.54) is 0 Å². The Morgan fingerprint density at radius 3 is 2.43 bits per heavy atom. The summed E-state index contributed by atoms with van der Waals surface area (Å²) in [7, 11) is 0. The molecule has 0 radical (unpaired) electrons. The average molecular weight is 326 g/mol. The molecule has 0 aromatic rings. The van der Waals surface area contributed by atoms with Crippen molar-refractivity contribution in [2.45, 2.75) is 59.4 Å². The van der Waals surface area contributed by atoms with Gasteiger partial charge < -0.3 is 14.9 Å². The van der Waals surface area contributed by atoms with Gasteiger partial charge in [-0.15, -0.1) is 0 Å². The highest BCUT2D eigenvalue weighted by Gasteiger charge is 2.33. The van der Waals surface area contributed by atoms with Crippen LogP contribution >= 0.6 is 0 Å². The first kappa shape index (κ1) is 19.5. The molecule has 132 valence electrons. The molecule has 2 amide bonds. The second kappa shape index (κ2) is 8.89.